The Morgan fingerprint density at radius 2 is 1.44 bits per heavy atom. The van der Waals surface area contributed by atoms with E-state index in [9.17, 15) is 4.79 Å². The van der Waals surface area contributed by atoms with Gasteiger partial charge in [-0.1, -0.05) is 42.5 Å². The molecular weight excluding hydrogens is 422 g/mol. The summed E-state index contributed by atoms with van der Waals surface area (Å²) in [5.74, 6) is 1.41. The molecule has 34 heavy (non-hydrogen) atoms. The Hall–Kier alpha value is -4.19. The second-order valence-electron chi connectivity index (χ2n) is 8.49. The summed E-state index contributed by atoms with van der Waals surface area (Å²) in [6.45, 7) is 4.07. The lowest BCUT2D eigenvalue weighted by Gasteiger charge is -2.17. The molecule has 0 atom stereocenters. The van der Waals surface area contributed by atoms with E-state index in [1.807, 2.05) is 79.7 Å². The molecule has 1 aromatic heterocycles. The van der Waals surface area contributed by atoms with Gasteiger partial charge in [0.2, 0.25) is 5.95 Å². The number of hydrogen-bond donors (Lipinski definition) is 2. The van der Waals surface area contributed by atoms with Crippen molar-refractivity contribution in [2.24, 2.45) is 0 Å². The number of nitrogens with one attached hydrogen (secondary N) is 2. The number of hydrogen-bond acceptors (Lipinski definition) is 5. The molecule has 2 heterocycles. The average molecular weight is 450 g/mol. The number of carbonyl (C=O) groups excluding carboxylic acids is 1. The molecule has 4 aromatic rings. The van der Waals surface area contributed by atoms with Crippen molar-refractivity contribution in [2.75, 3.05) is 28.6 Å². The fourth-order valence-corrected chi connectivity index (χ4v) is 4.13. The zero-order valence-corrected chi connectivity index (χ0v) is 19.2. The lowest BCUT2D eigenvalue weighted by molar-refractivity contribution is 0.102. The van der Waals surface area contributed by atoms with Gasteiger partial charge in [-0.2, -0.15) is 4.98 Å². The van der Waals surface area contributed by atoms with Crippen molar-refractivity contribution in [3.63, 3.8) is 0 Å². The summed E-state index contributed by atoms with van der Waals surface area (Å²) in [6.07, 6.45) is 2.41. The first-order valence-electron chi connectivity index (χ1n) is 11.6. The zero-order chi connectivity index (χ0) is 23.3. The minimum atomic E-state index is -0.141. The highest BCUT2D eigenvalue weighted by molar-refractivity contribution is 6.04. The van der Waals surface area contributed by atoms with E-state index in [0.29, 0.717) is 11.5 Å². The van der Waals surface area contributed by atoms with Crippen LogP contribution in [0.3, 0.4) is 0 Å². The molecule has 1 fully saturated rings. The highest BCUT2D eigenvalue weighted by Crippen LogP contribution is 2.23. The SMILES string of the molecule is Cc1cc(N2CCCC2)nc(Nc2ccc(NC(=O)c3ccc(-c4ccccc4)cc3)cc2)n1. The third-order valence-corrected chi connectivity index (χ3v) is 5.92. The van der Waals surface area contributed by atoms with E-state index in [1.54, 1.807) is 0 Å². The third-order valence-electron chi connectivity index (χ3n) is 5.92. The number of benzene rings is 3. The summed E-state index contributed by atoms with van der Waals surface area (Å²) in [5.41, 5.74) is 5.35. The summed E-state index contributed by atoms with van der Waals surface area (Å²) in [4.78, 5) is 24.2. The Morgan fingerprint density at radius 1 is 0.794 bits per heavy atom. The predicted molar refractivity (Wildman–Crippen MR) is 138 cm³/mol. The van der Waals surface area contributed by atoms with Crippen LogP contribution in [0, 0.1) is 6.92 Å². The largest absolute Gasteiger partial charge is 0.356 e. The van der Waals surface area contributed by atoms with Gasteiger partial charge < -0.3 is 15.5 Å². The smallest absolute Gasteiger partial charge is 0.255 e. The van der Waals surface area contributed by atoms with Crippen molar-refractivity contribution in [3.8, 4) is 11.1 Å². The van der Waals surface area contributed by atoms with E-state index in [1.165, 1.54) is 12.8 Å². The fourth-order valence-electron chi connectivity index (χ4n) is 4.13. The standard InChI is InChI=1S/C28H27N5O/c1-20-19-26(33-17-5-6-18-33)32-28(29-20)31-25-15-13-24(14-16-25)30-27(34)23-11-9-22(10-12-23)21-7-3-2-4-8-21/h2-4,7-16,19H,5-6,17-18H2,1H3,(H,30,34)(H,29,31,32). The van der Waals surface area contributed by atoms with E-state index in [2.05, 4.69) is 37.6 Å². The molecule has 1 aliphatic rings. The van der Waals surface area contributed by atoms with Crippen LogP contribution in [-0.4, -0.2) is 29.0 Å². The van der Waals surface area contributed by atoms with Crippen LogP contribution in [-0.2, 0) is 0 Å². The van der Waals surface area contributed by atoms with Crippen LogP contribution >= 0.6 is 0 Å². The number of amides is 1. The summed E-state index contributed by atoms with van der Waals surface area (Å²) in [6, 6.07) is 27.3. The van der Waals surface area contributed by atoms with Crippen LogP contribution in [0.2, 0.25) is 0 Å². The van der Waals surface area contributed by atoms with Crippen LogP contribution in [0.15, 0.2) is 84.9 Å². The molecule has 0 saturated carbocycles. The molecule has 1 amide bonds. The highest BCUT2D eigenvalue weighted by atomic mass is 16.1. The van der Waals surface area contributed by atoms with E-state index < -0.39 is 0 Å². The molecular formula is C28H27N5O. The first-order valence-corrected chi connectivity index (χ1v) is 11.6. The molecule has 170 valence electrons. The molecule has 5 rings (SSSR count). The number of carbonyl (C=O) groups is 1. The molecule has 0 bridgehead atoms. The minimum absolute atomic E-state index is 0.141. The quantitative estimate of drug-likeness (QED) is 0.375. The Labute approximate surface area is 199 Å². The highest BCUT2D eigenvalue weighted by Gasteiger charge is 2.15. The molecule has 6 heteroatoms. The van der Waals surface area contributed by atoms with E-state index in [4.69, 9.17) is 0 Å². The normalized spacial score (nSPS) is 13.0. The van der Waals surface area contributed by atoms with Gasteiger partial charge in [-0.05, 0) is 67.3 Å². The Morgan fingerprint density at radius 3 is 2.15 bits per heavy atom. The van der Waals surface area contributed by atoms with Gasteiger partial charge in [0.15, 0.2) is 0 Å². The molecule has 6 nitrogen and oxygen atoms in total. The van der Waals surface area contributed by atoms with Gasteiger partial charge in [0, 0.05) is 41.8 Å². The number of nitrogens with zero attached hydrogens (tertiary/aromatic N) is 3. The zero-order valence-electron chi connectivity index (χ0n) is 19.2. The van der Waals surface area contributed by atoms with Crippen molar-refractivity contribution < 1.29 is 4.79 Å². The van der Waals surface area contributed by atoms with Gasteiger partial charge in [-0.3, -0.25) is 4.79 Å². The molecule has 1 saturated heterocycles. The van der Waals surface area contributed by atoms with Crippen LogP contribution in [0.1, 0.15) is 28.9 Å². The van der Waals surface area contributed by atoms with Crippen molar-refractivity contribution in [2.45, 2.75) is 19.8 Å². The van der Waals surface area contributed by atoms with Gasteiger partial charge in [0.1, 0.15) is 5.82 Å². The van der Waals surface area contributed by atoms with E-state index >= 15 is 0 Å². The molecule has 2 N–H and O–H groups in total. The van der Waals surface area contributed by atoms with Gasteiger partial charge in [-0.25, -0.2) is 4.98 Å². The predicted octanol–water partition coefficient (Wildman–Crippen LogP) is 6.05. The van der Waals surface area contributed by atoms with Gasteiger partial charge in [0.05, 0.1) is 0 Å². The third kappa shape index (κ3) is 5.07. The minimum Gasteiger partial charge on any atom is -0.356 e. The van der Waals surface area contributed by atoms with Crippen LogP contribution in [0.4, 0.5) is 23.1 Å². The topological polar surface area (TPSA) is 70.2 Å². The second kappa shape index (κ2) is 9.75. The Kier molecular flexibility index (Phi) is 6.21. The molecule has 0 radical (unpaired) electrons. The fraction of sp³-hybridized carbons (Fsp3) is 0.179. The molecule has 0 unspecified atom stereocenters. The summed E-state index contributed by atoms with van der Waals surface area (Å²) in [7, 11) is 0. The van der Waals surface area contributed by atoms with Crippen molar-refractivity contribution >= 4 is 29.0 Å². The molecule has 3 aromatic carbocycles. The Bertz CT molecular complexity index is 1260. The number of aryl methyl sites for hydroxylation is 1. The van der Waals surface area contributed by atoms with Gasteiger partial charge in [-0.15, -0.1) is 0 Å². The van der Waals surface area contributed by atoms with Crippen molar-refractivity contribution in [1.82, 2.24) is 9.97 Å². The first-order chi connectivity index (χ1) is 16.6. The van der Waals surface area contributed by atoms with Crippen LogP contribution in [0.25, 0.3) is 11.1 Å². The lowest BCUT2D eigenvalue weighted by Crippen LogP contribution is -2.19. The molecule has 0 aliphatic carbocycles. The average Bonchev–Trinajstić information content (AvgIpc) is 3.41. The van der Waals surface area contributed by atoms with Crippen LogP contribution in [0.5, 0.6) is 0 Å². The second-order valence-corrected chi connectivity index (χ2v) is 8.49. The van der Waals surface area contributed by atoms with E-state index in [0.717, 1.165) is 47.1 Å². The van der Waals surface area contributed by atoms with Crippen molar-refractivity contribution in [1.29, 1.82) is 0 Å². The Balaban J connectivity index is 1.23. The van der Waals surface area contributed by atoms with Gasteiger partial charge >= 0.3 is 0 Å². The maximum atomic E-state index is 12.7. The summed E-state index contributed by atoms with van der Waals surface area (Å²) in [5, 5.41) is 6.24. The van der Waals surface area contributed by atoms with Crippen molar-refractivity contribution in [3.05, 3.63) is 96.2 Å². The molecule has 1 aliphatic heterocycles. The summed E-state index contributed by atoms with van der Waals surface area (Å²) < 4.78 is 0. The lowest BCUT2D eigenvalue weighted by atomic mass is 10.0. The number of anilines is 4. The maximum absolute atomic E-state index is 12.7. The maximum Gasteiger partial charge on any atom is 0.255 e. The monoisotopic (exact) mass is 449 g/mol. The first kappa shape index (κ1) is 21.6. The van der Waals surface area contributed by atoms with Gasteiger partial charge in [0.25, 0.3) is 5.91 Å². The number of rotatable bonds is 6. The summed E-state index contributed by atoms with van der Waals surface area (Å²) >= 11 is 0. The van der Waals surface area contributed by atoms with E-state index in [-0.39, 0.29) is 5.91 Å². The van der Waals surface area contributed by atoms with Crippen LogP contribution < -0.4 is 15.5 Å². The number of aromatic nitrogens is 2. The molecule has 0 spiro atoms.